The molecule has 0 aromatic heterocycles. The highest BCUT2D eigenvalue weighted by Gasteiger charge is 2.45. The van der Waals surface area contributed by atoms with Crippen LogP contribution in [0.15, 0.2) is 24.3 Å². The summed E-state index contributed by atoms with van der Waals surface area (Å²) in [7, 11) is 1.54. The molecule has 0 radical (unpaired) electrons. The van der Waals surface area contributed by atoms with Crippen LogP contribution < -0.4 is 10.1 Å². The van der Waals surface area contributed by atoms with Crippen LogP contribution in [0.4, 0.5) is 13.2 Å². The van der Waals surface area contributed by atoms with E-state index in [1.807, 2.05) is 0 Å². The van der Waals surface area contributed by atoms with Crippen molar-refractivity contribution in [2.24, 2.45) is 5.92 Å². The van der Waals surface area contributed by atoms with Gasteiger partial charge in [0.05, 0.1) is 19.4 Å². The number of rotatable bonds is 4. The third-order valence-electron chi connectivity index (χ3n) is 4.06. The van der Waals surface area contributed by atoms with Gasteiger partial charge in [0.15, 0.2) is 0 Å². The Kier molecular flexibility index (Phi) is 5.32. The zero-order valence-corrected chi connectivity index (χ0v) is 12.5. The van der Waals surface area contributed by atoms with Crippen molar-refractivity contribution in [3.05, 3.63) is 29.8 Å². The highest BCUT2D eigenvalue weighted by molar-refractivity contribution is 5.79. The van der Waals surface area contributed by atoms with Crippen molar-refractivity contribution < 1.29 is 22.7 Å². The molecular formula is C16H20F3NO2. The topological polar surface area (TPSA) is 38.3 Å². The molecule has 0 heterocycles. The molecule has 0 unspecified atom stereocenters. The number of ether oxygens (including phenoxy) is 1. The van der Waals surface area contributed by atoms with Gasteiger partial charge < -0.3 is 10.1 Å². The first-order valence-corrected chi connectivity index (χ1v) is 7.39. The van der Waals surface area contributed by atoms with Crippen molar-refractivity contribution in [3.8, 4) is 5.75 Å². The van der Waals surface area contributed by atoms with Gasteiger partial charge in [-0.25, -0.2) is 0 Å². The maximum Gasteiger partial charge on any atom is 0.393 e. The molecule has 0 bridgehead atoms. The number of benzene rings is 1. The lowest BCUT2D eigenvalue weighted by molar-refractivity contribution is -0.189. The summed E-state index contributed by atoms with van der Waals surface area (Å²) in [6.07, 6.45) is -2.41. The molecule has 0 saturated heterocycles. The number of carbonyl (C=O) groups excluding carboxylic acids is 1. The van der Waals surface area contributed by atoms with Crippen LogP contribution in [-0.2, 0) is 11.2 Å². The van der Waals surface area contributed by atoms with E-state index >= 15 is 0 Å². The van der Waals surface area contributed by atoms with Gasteiger partial charge in [0.1, 0.15) is 5.75 Å². The minimum Gasteiger partial charge on any atom is -0.497 e. The molecule has 1 fully saturated rings. The maximum absolute atomic E-state index is 13.0. The van der Waals surface area contributed by atoms with E-state index in [4.69, 9.17) is 4.74 Å². The van der Waals surface area contributed by atoms with Gasteiger partial charge in [-0.05, 0) is 30.5 Å². The third-order valence-corrected chi connectivity index (χ3v) is 4.06. The second-order valence-corrected chi connectivity index (χ2v) is 5.63. The molecule has 1 saturated carbocycles. The lowest BCUT2D eigenvalue weighted by atomic mass is 9.84. The Morgan fingerprint density at radius 1 is 1.23 bits per heavy atom. The molecule has 2 atom stereocenters. The number of nitrogens with one attached hydrogen (secondary N) is 1. The van der Waals surface area contributed by atoms with Crippen molar-refractivity contribution in [3.63, 3.8) is 0 Å². The zero-order chi connectivity index (χ0) is 16.2. The molecule has 1 aliphatic carbocycles. The standard InChI is InChI=1S/C16H20F3NO2/c1-22-12-8-6-11(7-9-12)10-15(21)20-14-5-3-2-4-13(14)16(17,18)19/h6-9,13-14H,2-5,10H2,1H3,(H,20,21)/t13-,14-/m0/s1. The van der Waals surface area contributed by atoms with Gasteiger partial charge in [-0.2, -0.15) is 13.2 Å². The number of hydrogen-bond donors (Lipinski definition) is 1. The Morgan fingerprint density at radius 3 is 2.45 bits per heavy atom. The van der Waals surface area contributed by atoms with E-state index in [-0.39, 0.29) is 18.7 Å². The quantitative estimate of drug-likeness (QED) is 0.924. The van der Waals surface area contributed by atoms with Gasteiger partial charge in [-0.1, -0.05) is 25.0 Å². The smallest absolute Gasteiger partial charge is 0.393 e. The predicted molar refractivity (Wildman–Crippen MR) is 76.6 cm³/mol. The van der Waals surface area contributed by atoms with Crippen LogP contribution in [0, 0.1) is 5.92 Å². The molecule has 1 aliphatic rings. The SMILES string of the molecule is COc1ccc(CC(=O)N[C@H]2CCCC[C@@H]2C(F)(F)F)cc1. The Morgan fingerprint density at radius 2 is 1.86 bits per heavy atom. The van der Waals surface area contributed by atoms with E-state index in [1.165, 1.54) is 0 Å². The van der Waals surface area contributed by atoms with Gasteiger partial charge in [0.25, 0.3) is 0 Å². The summed E-state index contributed by atoms with van der Waals surface area (Å²) in [4.78, 5) is 12.0. The summed E-state index contributed by atoms with van der Waals surface area (Å²) >= 11 is 0. The summed E-state index contributed by atoms with van der Waals surface area (Å²) in [6, 6.07) is 6.12. The summed E-state index contributed by atoms with van der Waals surface area (Å²) < 4.78 is 44.0. The first-order valence-electron chi connectivity index (χ1n) is 7.39. The van der Waals surface area contributed by atoms with Crippen LogP contribution in [0.1, 0.15) is 31.2 Å². The first kappa shape index (κ1) is 16.6. The van der Waals surface area contributed by atoms with Crippen LogP contribution >= 0.6 is 0 Å². The van der Waals surface area contributed by atoms with Crippen molar-refractivity contribution in [2.75, 3.05) is 7.11 Å². The van der Waals surface area contributed by atoms with Crippen molar-refractivity contribution in [1.82, 2.24) is 5.32 Å². The fourth-order valence-electron chi connectivity index (χ4n) is 2.88. The molecule has 2 rings (SSSR count). The minimum atomic E-state index is -4.25. The molecule has 1 amide bonds. The number of carbonyl (C=O) groups is 1. The van der Waals surface area contributed by atoms with Crippen LogP contribution in [0.5, 0.6) is 5.75 Å². The fraction of sp³-hybridized carbons (Fsp3) is 0.562. The highest BCUT2D eigenvalue weighted by Crippen LogP contribution is 2.37. The summed E-state index contributed by atoms with van der Waals surface area (Å²) in [5.74, 6) is -1.12. The Balaban J connectivity index is 1.94. The Labute approximate surface area is 127 Å². The molecule has 3 nitrogen and oxygen atoms in total. The lowest BCUT2D eigenvalue weighted by Gasteiger charge is -2.33. The predicted octanol–water partition coefficient (Wildman–Crippen LogP) is 3.48. The van der Waals surface area contributed by atoms with Crippen LogP contribution in [-0.4, -0.2) is 25.2 Å². The molecule has 6 heteroatoms. The van der Waals surface area contributed by atoms with Gasteiger partial charge >= 0.3 is 6.18 Å². The van der Waals surface area contributed by atoms with Gasteiger partial charge in [0.2, 0.25) is 5.91 Å². The van der Waals surface area contributed by atoms with Gasteiger partial charge in [-0.15, -0.1) is 0 Å². The van der Waals surface area contributed by atoms with Gasteiger partial charge in [0, 0.05) is 6.04 Å². The van der Waals surface area contributed by atoms with E-state index in [9.17, 15) is 18.0 Å². The van der Waals surface area contributed by atoms with E-state index in [0.29, 0.717) is 18.6 Å². The summed E-state index contributed by atoms with van der Waals surface area (Å²) in [6.45, 7) is 0. The Hall–Kier alpha value is -1.72. The minimum absolute atomic E-state index is 0.0745. The number of halogens is 3. The molecule has 0 spiro atoms. The summed E-state index contributed by atoms with van der Waals surface area (Å²) in [5.41, 5.74) is 0.748. The van der Waals surface area contributed by atoms with Crippen LogP contribution in [0.2, 0.25) is 0 Å². The second-order valence-electron chi connectivity index (χ2n) is 5.63. The largest absolute Gasteiger partial charge is 0.497 e. The molecule has 122 valence electrons. The van der Waals surface area contributed by atoms with Crippen molar-refractivity contribution in [1.29, 1.82) is 0 Å². The lowest BCUT2D eigenvalue weighted by Crippen LogP contribution is -2.48. The molecular weight excluding hydrogens is 295 g/mol. The maximum atomic E-state index is 13.0. The molecule has 22 heavy (non-hydrogen) atoms. The molecule has 1 N–H and O–H groups in total. The monoisotopic (exact) mass is 315 g/mol. The second kappa shape index (κ2) is 7.03. The third kappa shape index (κ3) is 4.39. The van der Waals surface area contributed by atoms with E-state index in [1.54, 1.807) is 31.4 Å². The average Bonchev–Trinajstić information content (AvgIpc) is 2.47. The first-order chi connectivity index (χ1) is 10.4. The average molecular weight is 315 g/mol. The van der Waals surface area contributed by atoms with E-state index < -0.39 is 18.1 Å². The van der Waals surface area contributed by atoms with Crippen LogP contribution in [0.3, 0.4) is 0 Å². The Bertz CT molecular complexity index is 499. The number of alkyl halides is 3. The van der Waals surface area contributed by atoms with Crippen LogP contribution in [0.25, 0.3) is 0 Å². The van der Waals surface area contributed by atoms with E-state index in [0.717, 1.165) is 12.0 Å². The van der Waals surface area contributed by atoms with Gasteiger partial charge in [-0.3, -0.25) is 4.79 Å². The molecule has 1 aromatic rings. The normalized spacial score (nSPS) is 22.2. The van der Waals surface area contributed by atoms with Crippen molar-refractivity contribution in [2.45, 2.75) is 44.3 Å². The highest BCUT2D eigenvalue weighted by atomic mass is 19.4. The summed E-state index contributed by atoms with van der Waals surface area (Å²) in [5, 5.41) is 2.56. The molecule has 1 aromatic carbocycles. The zero-order valence-electron chi connectivity index (χ0n) is 12.5. The fourth-order valence-corrected chi connectivity index (χ4v) is 2.88. The number of methoxy groups -OCH3 is 1. The number of hydrogen-bond acceptors (Lipinski definition) is 2. The van der Waals surface area contributed by atoms with E-state index in [2.05, 4.69) is 5.32 Å². The molecule has 0 aliphatic heterocycles. The number of amides is 1. The van der Waals surface area contributed by atoms with Crippen molar-refractivity contribution >= 4 is 5.91 Å².